The minimum absolute atomic E-state index is 0.440. The van der Waals surface area contributed by atoms with Crippen molar-refractivity contribution in [1.29, 1.82) is 0 Å². The minimum Gasteiger partial charge on any atom is -0.367 e. The monoisotopic (exact) mass is 196 g/mol. The maximum atomic E-state index is 5.59. The van der Waals surface area contributed by atoms with E-state index in [1.54, 1.807) is 0 Å². The van der Waals surface area contributed by atoms with Crippen molar-refractivity contribution in [1.82, 2.24) is 15.4 Å². The molecule has 1 aliphatic heterocycles. The zero-order valence-corrected chi connectivity index (χ0v) is 8.42. The van der Waals surface area contributed by atoms with Gasteiger partial charge in [-0.2, -0.15) is 0 Å². The number of aromatic nitrogens is 1. The Morgan fingerprint density at radius 1 is 1.50 bits per heavy atom. The van der Waals surface area contributed by atoms with Crippen molar-refractivity contribution in [2.24, 2.45) is 0 Å². The van der Waals surface area contributed by atoms with Crippen LogP contribution in [0.2, 0.25) is 0 Å². The molecule has 0 aliphatic carbocycles. The second kappa shape index (κ2) is 3.98. The Labute approximate surface area is 83.2 Å². The first-order valence-corrected chi connectivity index (χ1v) is 4.91. The van der Waals surface area contributed by atoms with E-state index in [1.807, 2.05) is 6.92 Å². The highest BCUT2D eigenvalue weighted by atomic mass is 16.5. The topological polar surface area (TPSA) is 67.3 Å². The molecule has 0 spiro atoms. The molecule has 2 rings (SSSR count). The van der Waals surface area contributed by atoms with Gasteiger partial charge in [-0.1, -0.05) is 5.16 Å². The summed E-state index contributed by atoms with van der Waals surface area (Å²) >= 11 is 0. The van der Waals surface area contributed by atoms with Crippen LogP contribution in [-0.4, -0.2) is 36.2 Å². The molecule has 0 aromatic carbocycles. The van der Waals surface area contributed by atoms with Crippen LogP contribution in [0.3, 0.4) is 0 Å². The molecule has 1 saturated heterocycles. The fraction of sp³-hybridized carbons (Fsp3) is 0.667. The summed E-state index contributed by atoms with van der Waals surface area (Å²) in [6.45, 7) is 7.01. The van der Waals surface area contributed by atoms with Gasteiger partial charge in [-0.25, -0.2) is 0 Å². The summed E-state index contributed by atoms with van der Waals surface area (Å²) in [5.41, 5.74) is 7.52. The summed E-state index contributed by atoms with van der Waals surface area (Å²) in [6.07, 6.45) is 0. The van der Waals surface area contributed by atoms with Crippen LogP contribution < -0.4 is 11.1 Å². The van der Waals surface area contributed by atoms with E-state index in [4.69, 9.17) is 10.3 Å². The van der Waals surface area contributed by atoms with Crippen molar-refractivity contribution in [3.8, 4) is 0 Å². The first-order valence-electron chi connectivity index (χ1n) is 4.91. The van der Waals surface area contributed by atoms with E-state index in [0.717, 1.165) is 44.0 Å². The van der Waals surface area contributed by atoms with Gasteiger partial charge in [0.15, 0.2) is 0 Å². The van der Waals surface area contributed by atoms with Gasteiger partial charge in [-0.15, -0.1) is 0 Å². The second-order valence-electron chi connectivity index (χ2n) is 3.64. The highest BCUT2D eigenvalue weighted by Gasteiger charge is 2.15. The number of nitrogens with two attached hydrogens (primary N) is 1. The van der Waals surface area contributed by atoms with Crippen LogP contribution >= 0.6 is 0 Å². The molecule has 1 aromatic heterocycles. The molecule has 78 valence electrons. The summed E-state index contributed by atoms with van der Waals surface area (Å²) in [5, 5.41) is 7.26. The molecule has 0 saturated carbocycles. The Hall–Kier alpha value is -1.07. The maximum Gasteiger partial charge on any atom is 0.225 e. The molecule has 1 aromatic rings. The average Bonchev–Trinajstić information content (AvgIpc) is 2.52. The largest absolute Gasteiger partial charge is 0.367 e. The highest BCUT2D eigenvalue weighted by molar-refractivity contribution is 5.37. The standard InChI is InChI=1S/C9H16N4O/c1-7-8(12-14-9(7)10)6-13-4-2-11-3-5-13/h11H,2-6,10H2,1H3. The lowest BCUT2D eigenvalue weighted by atomic mass is 10.2. The van der Waals surface area contributed by atoms with Crippen LogP contribution in [0.15, 0.2) is 4.52 Å². The van der Waals surface area contributed by atoms with Crippen molar-refractivity contribution < 1.29 is 4.52 Å². The van der Waals surface area contributed by atoms with Gasteiger partial charge in [0.1, 0.15) is 5.69 Å². The van der Waals surface area contributed by atoms with Gasteiger partial charge in [-0.05, 0) is 6.92 Å². The SMILES string of the molecule is Cc1c(CN2CCNCC2)noc1N. The lowest BCUT2D eigenvalue weighted by Crippen LogP contribution is -2.43. The van der Waals surface area contributed by atoms with Crippen LogP contribution in [0.5, 0.6) is 0 Å². The lowest BCUT2D eigenvalue weighted by Gasteiger charge is -2.26. The van der Waals surface area contributed by atoms with E-state index >= 15 is 0 Å². The average molecular weight is 196 g/mol. The number of nitrogens with zero attached hydrogens (tertiary/aromatic N) is 2. The van der Waals surface area contributed by atoms with E-state index in [1.165, 1.54) is 0 Å². The minimum atomic E-state index is 0.440. The maximum absolute atomic E-state index is 5.59. The number of anilines is 1. The number of hydrogen-bond donors (Lipinski definition) is 2. The van der Waals surface area contributed by atoms with E-state index in [-0.39, 0.29) is 0 Å². The lowest BCUT2D eigenvalue weighted by molar-refractivity contribution is 0.226. The Kier molecular flexibility index (Phi) is 2.69. The van der Waals surface area contributed by atoms with Gasteiger partial charge in [-0.3, -0.25) is 4.90 Å². The third-order valence-electron chi connectivity index (χ3n) is 2.64. The molecule has 0 amide bonds. The molecule has 2 heterocycles. The second-order valence-corrected chi connectivity index (χ2v) is 3.64. The van der Waals surface area contributed by atoms with Gasteiger partial charge >= 0.3 is 0 Å². The fourth-order valence-corrected chi connectivity index (χ4v) is 1.61. The predicted octanol–water partition coefficient (Wildman–Crippen LogP) is -0.0296. The number of nitrogens with one attached hydrogen (secondary N) is 1. The molecular formula is C9H16N4O. The molecule has 0 unspecified atom stereocenters. The van der Waals surface area contributed by atoms with E-state index in [0.29, 0.717) is 5.88 Å². The van der Waals surface area contributed by atoms with Crippen LogP contribution in [0, 0.1) is 6.92 Å². The molecule has 0 radical (unpaired) electrons. The zero-order valence-electron chi connectivity index (χ0n) is 8.42. The molecule has 5 heteroatoms. The van der Waals surface area contributed by atoms with E-state index < -0.39 is 0 Å². The molecule has 0 bridgehead atoms. The van der Waals surface area contributed by atoms with E-state index in [9.17, 15) is 0 Å². The summed E-state index contributed by atoms with van der Waals surface area (Å²) in [4.78, 5) is 2.35. The number of nitrogen functional groups attached to an aromatic ring is 1. The zero-order chi connectivity index (χ0) is 9.97. The van der Waals surface area contributed by atoms with Crippen LogP contribution in [-0.2, 0) is 6.54 Å². The van der Waals surface area contributed by atoms with Crippen molar-refractivity contribution in [2.75, 3.05) is 31.9 Å². The van der Waals surface area contributed by atoms with Crippen molar-refractivity contribution in [3.63, 3.8) is 0 Å². The van der Waals surface area contributed by atoms with Crippen LogP contribution in [0.25, 0.3) is 0 Å². The smallest absolute Gasteiger partial charge is 0.225 e. The molecule has 3 N–H and O–H groups in total. The van der Waals surface area contributed by atoms with Crippen LogP contribution in [0.1, 0.15) is 11.3 Å². The Morgan fingerprint density at radius 2 is 2.21 bits per heavy atom. The Morgan fingerprint density at radius 3 is 2.79 bits per heavy atom. The van der Waals surface area contributed by atoms with Crippen molar-refractivity contribution >= 4 is 5.88 Å². The fourth-order valence-electron chi connectivity index (χ4n) is 1.61. The van der Waals surface area contributed by atoms with Crippen molar-refractivity contribution in [3.05, 3.63) is 11.3 Å². The van der Waals surface area contributed by atoms with Crippen molar-refractivity contribution in [2.45, 2.75) is 13.5 Å². The van der Waals surface area contributed by atoms with Crippen LogP contribution in [0.4, 0.5) is 5.88 Å². The normalized spacial score (nSPS) is 18.6. The van der Waals surface area contributed by atoms with Gasteiger partial charge < -0.3 is 15.6 Å². The first kappa shape index (κ1) is 9.48. The number of rotatable bonds is 2. The third-order valence-corrected chi connectivity index (χ3v) is 2.64. The van der Waals surface area contributed by atoms with Gasteiger partial charge in [0.05, 0.1) is 0 Å². The molecule has 1 aliphatic rings. The Balaban J connectivity index is 1.99. The predicted molar refractivity (Wildman–Crippen MR) is 53.8 cm³/mol. The first-order chi connectivity index (χ1) is 6.77. The summed E-state index contributed by atoms with van der Waals surface area (Å²) < 4.78 is 4.92. The number of hydrogen-bond acceptors (Lipinski definition) is 5. The molecule has 1 fully saturated rings. The molecule has 5 nitrogen and oxygen atoms in total. The van der Waals surface area contributed by atoms with Gasteiger partial charge in [0.2, 0.25) is 5.88 Å². The quantitative estimate of drug-likeness (QED) is 0.695. The summed E-state index contributed by atoms with van der Waals surface area (Å²) in [6, 6.07) is 0. The number of piperazine rings is 1. The Bertz CT molecular complexity index is 304. The van der Waals surface area contributed by atoms with Gasteiger partial charge in [0.25, 0.3) is 0 Å². The molecular weight excluding hydrogens is 180 g/mol. The third kappa shape index (κ3) is 1.88. The highest BCUT2D eigenvalue weighted by Crippen LogP contribution is 2.16. The van der Waals surface area contributed by atoms with E-state index in [2.05, 4.69) is 15.4 Å². The van der Waals surface area contributed by atoms with Gasteiger partial charge in [0, 0.05) is 38.3 Å². The summed E-state index contributed by atoms with van der Waals surface area (Å²) in [5.74, 6) is 0.440. The molecule has 14 heavy (non-hydrogen) atoms. The molecule has 0 atom stereocenters. The summed E-state index contributed by atoms with van der Waals surface area (Å²) in [7, 11) is 0.